The molecular weight excluding hydrogens is 236 g/mol. The van der Waals surface area contributed by atoms with Crippen LogP contribution in [0.5, 0.6) is 5.75 Å². The Balaban J connectivity index is 2.67. The fourth-order valence-electron chi connectivity index (χ4n) is 1.44. The monoisotopic (exact) mass is 254 g/mol. The van der Waals surface area contributed by atoms with Crippen LogP contribution in [0.2, 0.25) is 0 Å². The van der Waals surface area contributed by atoms with Crippen molar-refractivity contribution in [3.8, 4) is 5.75 Å². The molecule has 0 aliphatic rings. The van der Waals surface area contributed by atoms with Gasteiger partial charge in [0.1, 0.15) is 11.8 Å². The molecular formula is C12H18N2O2S. The second kappa shape index (κ2) is 7.06. The Morgan fingerprint density at radius 1 is 1.59 bits per heavy atom. The third-order valence-electron chi connectivity index (χ3n) is 2.36. The van der Waals surface area contributed by atoms with Crippen molar-refractivity contribution in [1.29, 1.82) is 0 Å². The van der Waals surface area contributed by atoms with Crippen LogP contribution in [0.4, 0.5) is 5.69 Å². The van der Waals surface area contributed by atoms with Crippen LogP contribution in [-0.2, 0) is 4.79 Å². The largest absolute Gasteiger partial charge is 0.497 e. The van der Waals surface area contributed by atoms with Gasteiger partial charge in [-0.05, 0) is 30.6 Å². The highest BCUT2D eigenvalue weighted by atomic mass is 32.2. The summed E-state index contributed by atoms with van der Waals surface area (Å²) >= 11 is 1.69. The second-order valence-corrected chi connectivity index (χ2v) is 4.60. The summed E-state index contributed by atoms with van der Waals surface area (Å²) in [5, 5.41) is 3.12. The van der Waals surface area contributed by atoms with Crippen molar-refractivity contribution >= 4 is 23.4 Å². The number of benzene rings is 1. The maximum atomic E-state index is 11.3. The Bertz CT molecular complexity index is 371. The number of anilines is 1. The van der Waals surface area contributed by atoms with Gasteiger partial charge in [-0.15, -0.1) is 0 Å². The summed E-state index contributed by atoms with van der Waals surface area (Å²) < 4.78 is 5.12. The molecule has 1 amide bonds. The van der Waals surface area contributed by atoms with Gasteiger partial charge in [-0.25, -0.2) is 0 Å². The molecule has 0 spiro atoms. The molecule has 0 bridgehead atoms. The van der Waals surface area contributed by atoms with E-state index in [1.165, 1.54) is 0 Å². The van der Waals surface area contributed by atoms with E-state index < -0.39 is 0 Å². The van der Waals surface area contributed by atoms with E-state index in [0.29, 0.717) is 6.42 Å². The normalized spacial score (nSPS) is 11.9. The van der Waals surface area contributed by atoms with Crippen molar-refractivity contribution in [3.63, 3.8) is 0 Å². The Labute approximate surface area is 106 Å². The summed E-state index contributed by atoms with van der Waals surface area (Å²) in [6.07, 6.45) is 2.72. The SMILES string of the molecule is COc1cccc(NC(CCSC)C(N)=O)c1. The van der Waals surface area contributed by atoms with Gasteiger partial charge in [-0.1, -0.05) is 6.07 Å². The number of primary amides is 1. The zero-order valence-corrected chi connectivity index (χ0v) is 10.9. The number of ether oxygens (including phenoxy) is 1. The molecule has 1 atom stereocenters. The molecule has 0 heterocycles. The minimum atomic E-state index is -0.338. The summed E-state index contributed by atoms with van der Waals surface area (Å²) in [5.74, 6) is 1.31. The van der Waals surface area contributed by atoms with E-state index in [4.69, 9.17) is 10.5 Å². The second-order valence-electron chi connectivity index (χ2n) is 3.61. The molecule has 1 aromatic rings. The first-order valence-electron chi connectivity index (χ1n) is 5.36. The van der Waals surface area contributed by atoms with E-state index in [9.17, 15) is 4.79 Å². The van der Waals surface area contributed by atoms with E-state index in [2.05, 4.69) is 5.32 Å². The number of nitrogens with one attached hydrogen (secondary N) is 1. The maximum absolute atomic E-state index is 11.3. The van der Waals surface area contributed by atoms with Crippen molar-refractivity contribution in [3.05, 3.63) is 24.3 Å². The van der Waals surface area contributed by atoms with Gasteiger partial charge in [0, 0.05) is 11.8 Å². The number of carbonyl (C=O) groups is 1. The summed E-state index contributed by atoms with van der Waals surface area (Å²) in [6, 6.07) is 7.11. The summed E-state index contributed by atoms with van der Waals surface area (Å²) in [4.78, 5) is 11.3. The third kappa shape index (κ3) is 4.56. The van der Waals surface area contributed by atoms with Gasteiger partial charge in [0.05, 0.1) is 7.11 Å². The summed E-state index contributed by atoms with van der Waals surface area (Å²) in [6.45, 7) is 0. The van der Waals surface area contributed by atoms with Gasteiger partial charge in [-0.2, -0.15) is 11.8 Å². The van der Waals surface area contributed by atoms with Crippen LogP contribution >= 0.6 is 11.8 Å². The number of amides is 1. The molecule has 94 valence electrons. The molecule has 0 fully saturated rings. The molecule has 0 aliphatic carbocycles. The van der Waals surface area contributed by atoms with Gasteiger partial charge >= 0.3 is 0 Å². The molecule has 0 radical (unpaired) electrons. The van der Waals surface area contributed by atoms with Gasteiger partial charge in [-0.3, -0.25) is 4.79 Å². The Kier molecular flexibility index (Phi) is 5.69. The zero-order valence-electron chi connectivity index (χ0n) is 10.1. The summed E-state index contributed by atoms with van der Waals surface area (Å²) in [7, 11) is 1.61. The fourth-order valence-corrected chi connectivity index (χ4v) is 1.91. The average Bonchev–Trinajstić information content (AvgIpc) is 2.34. The smallest absolute Gasteiger partial charge is 0.239 e. The number of rotatable bonds is 7. The molecule has 1 unspecified atom stereocenters. The van der Waals surface area contributed by atoms with Crippen molar-refractivity contribution < 1.29 is 9.53 Å². The Morgan fingerprint density at radius 3 is 2.94 bits per heavy atom. The minimum absolute atomic E-state index is 0.332. The average molecular weight is 254 g/mol. The highest BCUT2D eigenvalue weighted by Gasteiger charge is 2.14. The predicted molar refractivity (Wildman–Crippen MR) is 72.6 cm³/mol. The highest BCUT2D eigenvalue weighted by molar-refractivity contribution is 7.98. The van der Waals surface area contributed by atoms with Crippen LogP contribution in [-0.4, -0.2) is 31.1 Å². The van der Waals surface area contributed by atoms with Gasteiger partial charge in [0.15, 0.2) is 0 Å². The predicted octanol–water partition coefficient (Wildman–Crippen LogP) is 1.71. The maximum Gasteiger partial charge on any atom is 0.239 e. The van der Waals surface area contributed by atoms with E-state index >= 15 is 0 Å². The lowest BCUT2D eigenvalue weighted by Gasteiger charge is -2.16. The lowest BCUT2D eigenvalue weighted by molar-refractivity contribution is -0.118. The number of nitrogens with two attached hydrogens (primary N) is 1. The van der Waals surface area contributed by atoms with Gasteiger partial charge in [0.25, 0.3) is 0 Å². The van der Waals surface area contributed by atoms with Crippen LogP contribution < -0.4 is 15.8 Å². The molecule has 0 aromatic heterocycles. The van der Waals surface area contributed by atoms with Crippen molar-refractivity contribution in [2.24, 2.45) is 5.73 Å². The lowest BCUT2D eigenvalue weighted by Crippen LogP contribution is -2.35. The van der Waals surface area contributed by atoms with Crippen LogP contribution in [0.15, 0.2) is 24.3 Å². The first-order chi connectivity index (χ1) is 8.17. The first-order valence-corrected chi connectivity index (χ1v) is 6.75. The van der Waals surface area contributed by atoms with E-state index in [1.54, 1.807) is 18.9 Å². The quantitative estimate of drug-likeness (QED) is 0.777. The number of methoxy groups -OCH3 is 1. The van der Waals surface area contributed by atoms with Crippen LogP contribution in [0.3, 0.4) is 0 Å². The minimum Gasteiger partial charge on any atom is -0.497 e. The van der Waals surface area contributed by atoms with E-state index in [0.717, 1.165) is 17.2 Å². The zero-order chi connectivity index (χ0) is 12.7. The molecule has 0 aliphatic heterocycles. The van der Waals surface area contributed by atoms with Crippen LogP contribution in [0.25, 0.3) is 0 Å². The van der Waals surface area contributed by atoms with Gasteiger partial charge < -0.3 is 15.8 Å². The number of carbonyl (C=O) groups excluding carboxylic acids is 1. The molecule has 0 saturated heterocycles. The van der Waals surface area contributed by atoms with Crippen molar-refractivity contribution in [2.45, 2.75) is 12.5 Å². The molecule has 4 nitrogen and oxygen atoms in total. The molecule has 1 aromatic carbocycles. The number of hydrogen-bond acceptors (Lipinski definition) is 4. The lowest BCUT2D eigenvalue weighted by atomic mass is 10.2. The fraction of sp³-hybridized carbons (Fsp3) is 0.417. The number of thioether (sulfide) groups is 1. The Morgan fingerprint density at radius 2 is 2.35 bits per heavy atom. The van der Waals surface area contributed by atoms with E-state index in [-0.39, 0.29) is 11.9 Å². The van der Waals surface area contributed by atoms with Gasteiger partial charge in [0.2, 0.25) is 5.91 Å². The molecule has 0 saturated carbocycles. The number of hydrogen-bond donors (Lipinski definition) is 2. The van der Waals surface area contributed by atoms with Crippen molar-refractivity contribution in [2.75, 3.05) is 24.4 Å². The van der Waals surface area contributed by atoms with Crippen molar-refractivity contribution in [1.82, 2.24) is 0 Å². The molecule has 17 heavy (non-hydrogen) atoms. The van der Waals surface area contributed by atoms with E-state index in [1.807, 2.05) is 30.5 Å². The Hall–Kier alpha value is -1.36. The summed E-state index contributed by atoms with van der Waals surface area (Å²) in [5.41, 5.74) is 6.20. The standard InChI is InChI=1S/C12H18N2O2S/c1-16-10-5-3-4-9(8-10)14-11(12(13)15)6-7-17-2/h3-5,8,11,14H,6-7H2,1-2H3,(H2,13,15). The molecule has 1 rings (SSSR count). The third-order valence-corrected chi connectivity index (χ3v) is 3.01. The molecule has 5 heteroatoms. The topological polar surface area (TPSA) is 64.3 Å². The van der Waals surface area contributed by atoms with Crippen LogP contribution in [0, 0.1) is 0 Å². The van der Waals surface area contributed by atoms with Crippen LogP contribution in [0.1, 0.15) is 6.42 Å². The highest BCUT2D eigenvalue weighted by Crippen LogP contribution is 2.18. The first kappa shape index (κ1) is 13.7. The molecule has 3 N–H and O–H groups in total.